The Morgan fingerprint density at radius 3 is 2.90 bits per heavy atom. The third-order valence-corrected chi connectivity index (χ3v) is 4.48. The van der Waals surface area contributed by atoms with Gasteiger partial charge in [-0.3, -0.25) is 4.98 Å². The maximum Gasteiger partial charge on any atom is 0.340 e. The Kier molecular flexibility index (Phi) is 2.94. The predicted molar refractivity (Wildman–Crippen MR) is 81.7 cm³/mol. The van der Waals surface area contributed by atoms with E-state index in [1.807, 2.05) is 0 Å². The second kappa shape index (κ2) is 4.95. The molecule has 0 saturated carbocycles. The van der Waals surface area contributed by atoms with E-state index in [9.17, 15) is 4.79 Å². The number of para-hydroxylation sites is 2. The van der Waals surface area contributed by atoms with Crippen LogP contribution in [-0.4, -0.2) is 34.3 Å². The van der Waals surface area contributed by atoms with Gasteiger partial charge in [-0.2, -0.15) is 5.10 Å². The molecule has 1 saturated heterocycles. The fourth-order valence-electron chi connectivity index (χ4n) is 3.55. The summed E-state index contributed by atoms with van der Waals surface area (Å²) in [5.41, 5.74) is 2.31. The van der Waals surface area contributed by atoms with Crippen LogP contribution in [0.5, 0.6) is 0 Å². The zero-order valence-electron chi connectivity index (χ0n) is 11.9. The molecule has 0 bridgehead atoms. The Labute approximate surface area is 122 Å². The van der Waals surface area contributed by atoms with Crippen LogP contribution in [-0.2, 0) is 6.54 Å². The van der Waals surface area contributed by atoms with Crippen LogP contribution in [0.2, 0.25) is 0 Å². The van der Waals surface area contributed by atoms with Crippen molar-refractivity contribution in [3.8, 4) is 0 Å². The lowest BCUT2D eigenvalue weighted by Crippen LogP contribution is -2.51. The second-order valence-corrected chi connectivity index (χ2v) is 5.84. The lowest BCUT2D eigenvalue weighted by atomic mass is 9.97. The Morgan fingerprint density at radius 1 is 1.24 bits per heavy atom. The molecule has 2 N–H and O–H groups in total. The van der Waals surface area contributed by atoms with Crippen LogP contribution in [0.1, 0.15) is 25.1 Å². The average Bonchev–Trinajstić information content (AvgIpc) is 2.93. The van der Waals surface area contributed by atoms with Crippen molar-refractivity contribution >= 4 is 11.4 Å². The first-order valence-corrected chi connectivity index (χ1v) is 7.55. The van der Waals surface area contributed by atoms with E-state index in [0.717, 1.165) is 13.1 Å². The van der Waals surface area contributed by atoms with Crippen LogP contribution in [0.4, 0.5) is 11.4 Å². The third kappa shape index (κ3) is 2.20. The van der Waals surface area contributed by atoms with Crippen molar-refractivity contribution in [2.75, 3.05) is 22.9 Å². The van der Waals surface area contributed by atoms with Crippen molar-refractivity contribution in [3.63, 3.8) is 0 Å². The van der Waals surface area contributed by atoms with Gasteiger partial charge in [-0.25, -0.2) is 9.89 Å². The number of aromatic amines is 2. The molecule has 0 radical (unpaired) electrons. The van der Waals surface area contributed by atoms with Crippen LogP contribution in [0.3, 0.4) is 0 Å². The van der Waals surface area contributed by atoms with Gasteiger partial charge >= 0.3 is 5.69 Å². The molecule has 0 aliphatic carbocycles. The molecule has 0 amide bonds. The highest BCUT2D eigenvalue weighted by Crippen LogP contribution is 2.38. The molecule has 21 heavy (non-hydrogen) atoms. The first-order chi connectivity index (χ1) is 10.3. The predicted octanol–water partition coefficient (Wildman–Crippen LogP) is 1.48. The fourth-order valence-corrected chi connectivity index (χ4v) is 3.55. The smallest absolute Gasteiger partial charge is 0.340 e. The Balaban J connectivity index is 1.68. The maximum absolute atomic E-state index is 11.2. The summed E-state index contributed by atoms with van der Waals surface area (Å²) in [4.78, 5) is 18.8. The second-order valence-electron chi connectivity index (χ2n) is 5.84. The Hall–Kier alpha value is -2.24. The van der Waals surface area contributed by atoms with E-state index in [-0.39, 0.29) is 5.69 Å². The summed E-state index contributed by atoms with van der Waals surface area (Å²) in [6, 6.07) is 9.10. The number of fused-ring (bicyclic) bond motifs is 3. The van der Waals surface area contributed by atoms with E-state index >= 15 is 0 Å². The number of piperidine rings is 1. The third-order valence-electron chi connectivity index (χ3n) is 4.48. The summed E-state index contributed by atoms with van der Waals surface area (Å²) in [7, 11) is 0. The lowest BCUT2D eigenvalue weighted by Gasteiger charge is -2.46. The minimum Gasteiger partial charge on any atom is -0.365 e. The first-order valence-electron chi connectivity index (χ1n) is 7.55. The number of anilines is 2. The van der Waals surface area contributed by atoms with Crippen molar-refractivity contribution < 1.29 is 0 Å². The largest absolute Gasteiger partial charge is 0.365 e. The number of hydrogen-bond acceptors (Lipinski definition) is 4. The van der Waals surface area contributed by atoms with Gasteiger partial charge in [0, 0.05) is 19.1 Å². The van der Waals surface area contributed by atoms with Crippen LogP contribution in [0, 0.1) is 0 Å². The van der Waals surface area contributed by atoms with Crippen molar-refractivity contribution in [2.45, 2.75) is 31.8 Å². The Morgan fingerprint density at radius 2 is 2.10 bits per heavy atom. The zero-order valence-corrected chi connectivity index (χ0v) is 11.9. The van der Waals surface area contributed by atoms with Gasteiger partial charge in [0.2, 0.25) is 0 Å². The van der Waals surface area contributed by atoms with Crippen molar-refractivity contribution in [1.29, 1.82) is 0 Å². The van der Waals surface area contributed by atoms with Crippen molar-refractivity contribution in [3.05, 3.63) is 40.6 Å². The molecule has 0 unspecified atom stereocenters. The SMILES string of the molecule is O=c1[nH]nc(CN2C[C@@H]3CCCCN3c3ccccc32)[nH]1. The number of rotatable bonds is 2. The molecule has 1 aromatic heterocycles. The van der Waals surface area contributed by atoms with Gasteiger partial charge < -0.3 is 9.80 Å². The van der Waals surface area contributed by atoms with Crippen molar-refractivity contribution in [2.24, 2.45) is 0 Å². The summed E-state index contributed by atoms with van der Waals surface area (Å²) in [6.45, 7) is 2.78. The normalized spacial score (nSPS) is 21.0. The quantitative estimate of drug-likeness (QED) is 0.877. The van der Waals surface area contributed by atoms with Gasteiger partial charge in [0.05, 0.1) is 17.9 Å². The standard InChI is InChI=1S/C15H19N5O/c21-15-16-14(17-18-15)10-19-9-11-5-3-4-8-20(11)13-7-2-1-6-12(13)19/h1-2,6-7,11H,3-5,8-10H2,(H2,16,17,18,21)/t11-/m0/s1. The highest BCUT2D eigenvalue weighted by atomic mass is 16.1. The summed E-state index contributed by atoms with van der Waals surface area (Å²) in [5.74, 6) is 0.694. The minimum absolute atomic E-state index is 0.241. The number of nitrogens with one attached hydrogen (secondary N) is 2. The molecule has 110 valence electrons. The molecule has 6 nitrogen and oxygen atoms in total. The molecule has 1 fully saturated rings. The van der Waals surface area contributed by atoms with E-state index in [1.54, 1.807) is 0 Å². The number of hydrogen-bond donors (Lipinski definition) is 2. The van der Waals surface area contributed by atoms with Gasteiger partial charge in [-0.15, -0.1) is 0 Å². The molecule has 2 aliphatic heterocycles. The molecule has 1 aromatic carbocycles. The van der Waals surface area contributed by atoms with Crippen molar-refractivity contribution in [1.82, 2.24) is 15.2 Å². The van der Waals surface area contributed by atoms with Gasteiger partial charge in [0.15, 0.2) is 0 Å². The van der Waals surface area contributed by atoms with Gasteiger partial charge in [-0.1, -0.05) is 12.1 Å². The van der Waals surface area contributed by atoms with E-state index in [1.165, 1.54) is 30.6 Å². The van der Waals surface area contributed by atoms with E-state index in [2.05, 4.69) is 49.2 Å². The number of nitrogens with zero attached hydrogens (tertiary/aromatic N) is 3. The topological polar surface area (TPSA) is 68.0 Å². The summed E-state index contributed by atoms with van der Waals surface area (Å²) < 4.78 is 0. The molecule has 2 aliphatic rings. The van der Waals surface area contributed by atoms with E-state index in [4.69, 9.17) is 0 Å². The molecule has 4 rings (SSSR count). The molecule has 1 atom stereocenters. The maximum atomic E-state index is 11.2. The number of H-pyrrole nitrogens is 2. The highest BCUT2D eigenvalue weighted by molar-refractivity contribution is 5.74. The van der Waals surface area contributed by atoms with Crippen LogP contribution in [0.25, 0.3) is 0 Å². The monoisotopic (exact) mass is 285 g/mol. The molecular formula is C15H19N5O. The van der Waals surface area contributed by atoms with Crippen LogP contribution >= 0.6 is 0 Å². The molecule has 2 aromatic rings. The zero-order chi connectivity index (χ0) is 14.2. The summed E-state index contributed by atoms with van der Waals surface area (Å²) in [5, 5.41) is 6.48. The van der Waals surface area contributed by atoms with Gasteiger partial charge in [-0.05, 0) is 31.4 Å². The van der Waals surface area contributed by atoms with Gasteiger partial charge in [0.1, 0.15) is 5.82 Å². The number of benzene rings is 1. The number of aromatic nitrogens is 3. The fraction of sp³-hybridized carbons (Fsp3) is 0.467. The molecular weight excluding hydrogens is 266 g/mol. The van der Waals surface area contributed by atoms with Crippen LogP contribution < -0.4 is 15.5 Å². The Bertz CT molecular complexity index is 691. The minimum atomic E-state index is -0.241. The van der Waals surface area contributed by atoms with E-state index < -0.39 is 0 Å². The summed E-state index contributed by atoms with van der Waals surface area (Å²) in [6.07, 6.45) is 3.82. The van der Waals surface area contributed by atoms with Gasteiger partial charge in [0.25, 0.3) is 0 Å². The molecule has 3 heterocycles. The first kappa shape index (κ1) is 12.5. The molecule has 6 heteroatoms. The highest BCUT2D eigenvalue weighted by Gasteiger charge is 2.32. The van der Waals surface area contributed by atoms with Crippen LogP contribution in [0.15, 0.2) is 29.1 Å². The van der Waals surface area contributed by atoms with E-state index in [0.29, 0.717) is 18.4 Å². The lowest BCUT2D eigenvalue weighted by molar-refractivity contribution is 0.441. The summed E-state index contributed by atoms with van der Waals surface area (Å²) >= 11 is 0. The molecule has 0 spiro atoms. The average molecular weight is 285 g/mol.